The summed E-state index contributed by atoms with van der Waals surface area (Å²) in [7, 11) is 0. The second kappa shape index (κ2) is 7.89. The number of aryl methyl sites for hydroxylation is 1. The number of aromatic nitrogens is 4. The largest absolute Gasteiger partial charge is 0.486 e. The van der Waals surface area contributed by atoms with Gasteiger partial charge in [-0.25, -0.2) is 0 Å². The second-order valence-electron chi connectivity index (χ2n) is 6.29. The topological polar surface area (TPSA) is 103 Å². The van der Waals surface area contributed by atoms with Gasteiger partial charge in [0.05, 0.1) is 11.6 Å². The smallest absolute Gasteiger partial charge is 0.239 e. The Labute approximate surface area is 166 Å². The minimum atomic E-state index is -0.133. The lowest BCUT2D eigenvalue weighted by molar-refractivity contribution is -0.119. The first-order valence-corrected chi connectivity index (χ1v) is 9.25. The molecule has 2 aromatic heterocycles. The molecule has 0 aliphatic carbocycles. The van der Waals surface area contributed by atoms with Gasteiger partial charge in [0.25, 0.3) is 0 Å². The highest BCUT2D eigenvalue weighted by Crippen LogP contribution is 2.38. The number of rotatable bonds is 6. The van der Waals surface area contributed by atoms with E-state index in [1.807, 2.05) is 19.1 Å². The number of benzene rings is 1. The summed E-state index contributed by atoms with van der Waals surface area (Å²) in [6.45, 7) is 3.40. The zero-order valence-electron chi connectivity index (χ0n) is 15.2. The molecule has 2 N–H and O–H groups in total. The van der Waals surface area contributed by atoms with E-state index in [0.717, 1.165) is 5.56 Å². The van der Waals surface area contributed by atoms with E-state index in [1.54, 1.807) is 16.6 Å². The molecule has 0 atom stereocenters. The molecule has 1 aliphatic heterocycles. The summed E-state index contributed by atoms with van der Waals surface area (Å²) >= 11 is 6.23. The molecule has 1 amide bonds. The number of nitrogens with zero attached hydrogens (tertiary/aromatic N) is 4. The number of carbonyl (C=O) groups is 1. The fourth-order valence-corrected chi connectivity index (χ4v) is 3.17. The van der Waals surface area contributed by atoms with Crippen molar-refractivity contribution in [2.45, 2.75) is 13.3 Å². The molecular formula is C18H19ClN6O3. The third-order valence-corrected chi connectivity index (χ3v) is 4.52. The van der Waals surface area contributed by atoms with Crippen LogP contribution in [0.1, 0.15) is 11.4 Å². The van der Waals surface area contributed by atoms with Gasteiger partial charge in [-0.1, -0.05) is 11.6 Å². The van der Waals surface area contributed by atoms with Crippen LogP contribution in [0.3, 0.4) is 0 Å². The third kappa shape index (κ3) is 3.94. The van der Waals surface area contributed by atoms with Gasteiger partial charge in [0.1, 0.15) is 19.0 Å². The molecule has 3 heterocycles. The predicted molar refractivity (Wildman–Crippen MR) is 103 cm³/mol. The Morgan fingerprint density at radius 1 is 1.25 bits per heavy atom. The average Bonchev–Trinajstić information content (AvgIpc) is 3.07. The maximum atomic E-state index is 12.1. The molecule has 1 aliphatic rings. The van der Waals surface area contributed by atoms with Gasteiger partial charge >= 0.3 is 0 Å². The highest BCUT2D eigenvalue weighted by atomic mass is 35.5. The van der Waals surface area contributed by atoms with Crippen molar-refractivity contribution >= 4 is 29.0 Å². The van der Waals surface area contributed by atoms with Crippen LogP contribution in [0, 0.1) is 6.92 Å². The lowest BCUT2D eigenvalue weighted by atomic mass is 10.1. The van der Waals surface area contributed by atoms with E-state index in [0.29, 0.717) is 60.0 Å². The normalized spacial score (nSPS) is 12.8. The van der Waals surface area contributed by atoms with E-state index in [1.165, 1.54) is 0 Å². The monoisotopic (exact) mass is 402 g/mol. The number of amides is 1. The van der Waals surface area contributed by atoms with Crippen LogP contribution in [0.2, 0.25) is 5.02 Å². The summed E-state index contributed by atoms with van der Waals surface area (Å²) < 4.78 is 12.7. The van der Waals surface area contributed by atoms with Gasteiger partial charge in [0, 0.05) is 6.54 Å². The molecule has 3 aromatic rings. The lowest BCUT2D eigenvalue weighted by Gasteiger charge is -2.20. The maximum absolute atomic E-state index is 12.1. The molecular weight excluding hydrogens is 384 g/mol. The number of halogens is 1. The Morgan fingerprint density at radius 3 is 3.00 bits per heavy atom. The summed E-state index contributed by atoms with van der Waals surface area (Å²) in [4.78, 5) is 12.1. The predicted octanol–water partition coefficient (Wildman–Crippen LogP) is 1.63. The average molecular weight is 403 g/mol. The van der Waals surface area contributed by atoms with Crippen LogP contribution in [-0.2, 0) is 11.2 Å². The number of ether oxygens (including phenoxy) is 2. The van der Waals surface area contributed by atoms with E-state index >= 15 is 0 Å². The first kappa shape index (κ1) is 18.3. The Morgan fingerprint density at radius 2 is 2.11 bits per heavy atom. The van der Waals surface area contributed by atoms with Crippen LogP contribution < -0.4 is 20.1 Å². The Balaban J connectivity index is 1.27. The number of hydrogen-bond donors (Lipinski definition) is 2. The molecule has 0 spiro atoms. The van der Waals surface area contributed by atoms with Crippen molar-refractivity contribution in [1.29, 1.82) is 0 Å². The number of carbonyl (C=O) groups excluding carboxylic acids is 1. The molecule has 0 saturated carbocycles. The molecule has 1 aromatic carbocycles. The molecule has 0 fully saturated rings. The van der Waals surface area contributed by atoms with Gasteiger partial charge in [-0.05, 0) is 43.2 Å². The Kier molecular flexibility index (Phi) is 5.16. The van der Waals surface area contributed by atoms with Crippen LogP contribution >= 0.6 is 11.6 Å². The zero-order valence-corrected chi connectivity index (χ0v) is 16.0. The molecule has 0 bridgehead atoms. The van der Waals surface area contributed by atoms with Crippen LogP contribution in [0.4, 0.5) is 5.82 Å². The molecule has 9 nitrogen and oxygen atoms in total. The fraction of sp³-hybridized carbons (Fsp3) is 0.333. The molecule has 10 heteroatoms. The summed E-state index contributed by atoms with van der Waals surface area (Å²) in [6, 6.07) is 7.28. The van der Waals surface area contributed by atoms with E-state index in [9.17, 15) is 4.79 Å². The van der Waals surface area contributed by atoms with Gasteiger partial charge in [-0.15, -0.1) is 15.3 Å². The van der Waals surface area contributed by atoms with Gasteiger partial charge in [0.2, 0.25) is 5.91 Å². The van der Waals surface area contributed by atoms with Crippen molar-refractivity contribution < 1.29 is 14.3 Å². The van der Waals surface area contributed by atoms with Crippen molar-refractivity contribution in [2.24, 2.45) is 0 Å². The van der Waals surface area contributed by atoms with E-state index in [-0.39, 0.29) is 12.5 Å². The van der Waals surface area contributed by atoms with E-state index in [2.05, 4.69) is 25.9 Å². The minimum Gasteiger partial charge on any atom is -0.486 e. The van der Waals surface area contributed by atoms with Crippen LogP contribution in [-0.4, -0.2) is 52.0 Å². The lowest BCUT2D eigenvalue weighted by Crippen LogP contribution is -2.31. The van der Waals surface area contributed by atoms with Crippen molar-refractivity contribution in [2.75, 3.05) is 31.6 Å². The van der Waals surface area contributed by atoms with Crippen molar-refractivity contribution in [1.82, 2.24) is 25.1 Å². The van der Waals surface area contributed by atoms with Gasteiger partial charge in [0.15, 0.2) is 23.0 Å². The molecule has 0 radical (unpaired) electrons. The zero-order chi connectivity index (χ0) is 19.5. The van der Waals surface area contributed by atoms with Gasteiger partial charge in [-0.2, -0.15) is 4.52 Å². The molecule has 4 rings (SSSR count). The summed E-state index contributed by atoms with van der Waals surface area (Å²) in [5.41, 5.74) is 1.63. The minimum absolute atomic E-state index is 0.113. The van der Waals surface area contributed by atoms with Crippen molar-refractivity contribution in [3.05, 3.63) is 40.7 Å². The molecule has 0 saturated heterocycles. The van der Waals surface area contributed by atoms with Crippen LogP contribution in [0.5, 0.6) is 11.5 Å². The summed E-state index contributed by atoms with van der Waals surface area (Å²) in [5.74, 6) is 2.35. The first-order chi connectivity index (χ1) is 13.6. The quantitative estimate of drug-likeness (QED) is 0.645. The highest BCUT2D eigenvalue weighted by Gasteiger charge is 2.16. The molecule has 0 unspecified atom stereocenters. The summed E-state index contributed by atoms with van der Waals surface area (Å²) in [5, 5.41) is 18.7. The molecule has 146 valence electrons. The number of hydrogen-bond acceptors (Lipinski definition) is 7. The fourth-order valence-electron chi connectivity index (χ4n) is 2.88. The Bertz CT molecular complexity index is 1020. The second-order valence-corrected chi connectivity index (χ2v) is 6.70. The third-order valence-electron chi connectivity index (χ3n) is 4.24. The summed E-state index contributed by atoms with van der Waals surface area (Å²) in [6.07, 6.45) is 0.631. The first-order valence-electron chi connectivity index (χ1n) is 8.88. The van der Waals surface area contributed by atoms with Gasteiger partial charge in [-0.3, -0.25) is 4.79 Å². The maximum Gasteiger partial charge on any atom is 0.239 e. The number of fused-ring (bicyclic) bond motifs is 2. The number of nitrogens with one attached hydrogen (secondary N) is 2. The molecule has 28 heavy (non-hydrogen) atoms. The van der Waals surface area contributed by atoms with Crippen molar-refractivity contribution in [3.63, 3.8) is 0 Å². The number of anilines is 1. The standard InChI is InChI=1S/C18H19ClN6O3/c1-11-22-23-16-3-2-15(24-25(11)16)21-10-17(26)20-5-4-12-8-13(19)18-14(9-12)27-6-7-28-18/h2-3,8-9H,4-7,10H2,1H3,(H,20,26)(H,21,24). The Hall–Kier alpha value is -3.07. The van der Waals surface area contributed by atoms with Crippen LogP contribution in [0.25, 0.3) is 5.65 Å². The van der Waals surface area contributed by atoms with Crippen LogP contribution in [0.15, 0.2) is 24.3 Å². The van der Waals surface area contributed by atoms with E-state index < -0.39 is 0 Å². The highest BCUT2D eigenvalue weighted by molar-refractivity contribution is 6.32. The van der Waals surface area contributed by atoms with E-state index in [4.69, 9.17) is 21.1 Å². The van der Waals surface area contributed by atoms with Gasteiger partial charge < -0.3 is 20.1 Å². The van der Waals surface area contributed by atoms with Crippen molar-refractivity contribution in [3.8, 4) is 11.5 Å². The SMILES string of the molecule is Cc1nnc2ccc(NCC(=O)NCCc3cc(Cl)c4c(c3)OCCO4)nn12.